The number of benzene rings is 1. The number of likely N-dealkylation sites (tertiary alicyclic amines) is 1. The summed E-state index contributed by atoms with van der Waals surface area (Å²) in [4.78, 5) is 13.6. The number of hydrogen-bond acceptors (Lipinski definition) is 3. The van der Waals surface area contributed by atoms with Crippen LogP contribution in [0.4, 0.5) is 4.79 Å². The fourth-order valence-electron chi connectivity index (χ4n) is 2.79. The third kappa shape index (κ3) is 1.97. The summed E-state index contributed by atoms with van der Waals surface area (Å²) in [5.74, 6) is 0.478. The summed E-state index contributed by atoms with van der Waals surface area (Å²) >= 11 is 0. The predicted octanol–water partition coefficient (Wildman–Crippen LogP) is 1.64. The predicted molar refractivity (Wildman–Crippen MR) is 65.8 cm³/mol. The number of carbonyl (C=O) groups is 1. The molecule has 18 heavy (non-hydrogen) atoms. The van der Waals surface area contributed by atoms with Crippen molar-refractivity contribution in [2.75, 3.05) is 19.7 Å². The number of carbonyl (C=O) groups excluding carboxylic acids is 1. The van der Waals surface area contributed by atoms with E-state index in [2.05, 4.69) is 0 Å². The molecule has 1 saturated carbocycles. The molecule has 4 nitrogen and oxygen atoms in total. The van der Waals surface area contributed by atoms with Crippen molar-refractivity contribution in [1.29, 1.82) is 0 Å². The summed E-state index contributed by atoms with van der Waals surface area (Å²) in [7, 11) is 0. The van der Waals surface area contributed by atoms with Gasteiger partial charge in [0, 0.05) is 18.5 Å². The molecule has 2 fully saturated rings. The van der Waals surface area contributed by atoms with Gasteiger partial charge in [-0.1, -0.05) is 30.3 Å². The van der Waals surface area contributed by atoms with Crippen LogP contribution in [0.25, 0.3) is 0 Å². The van der Waals surface area contributed by atoms with E-state index in [-0.39, 0.29) is 18.1 Å². The van der Waals surface area contributed by atoms with Crippen LogP contribution < -0.4 is 0 Å². The molecule has 3 rings (SSSR count). The Bertz CT molecular complexity index is 444. The molecule has 1 heterocycles. The molecule has 1 aromatic rings. The molecule has 2 atom stereocenters. The number of amides is 1. The number of piperidine rings is 1. The molecule has 1 aliphatic carbocycles. The van der Waals surface area contributed by atoms with Crippen molar-refractivity contribution < 1.29 is 14.6 Å². The van der Waals surface area contributed by atoms with E-state index in [1.807, 2.05) is 30.3 Å². The van der Waals surface area contributed by atoms with Gasteiger partial charge in [-0.05, 0) is 17.9 Å². The smallest absolute Gasteiger partial charge is 0.410 e. The van der Waals surface area contributed by atoms with E-state index in [0.29, 0.717) is 19.1 Å². The first-order valence-electron chi connectivity index (χ1n) is 6.30. The zero-order valence-electron chi connectivity index (χ0n) is 10.2. The molecule has 2 aliphatic rings. The van der Waals surface area contributed by atoms with Crippen LogP contribution in [0.3, 0.4) is 0 Å². The highest BCUT2D eigenvalue weighted by Crippen LogP contribution is 2.57. The van der Waals surface area contributed by atoms with Gasteiger partial charge in [0.05, 0.1) is 6.61 Å². The second-order valence-electron chi connectivity index (χ2n) is 5.34. The molecule has 1 aromatic carbocycles. The minimum Gasteiger partial charge on any atom is -0.445 e. The van der Waals surface area contributed by atoms with Crippen LogP contribution in [0.2, 0.25) is 0 Å². The minimum atomic E-state index is -0.265. The summed E-state index contributed by atoms with van der Waals surface area (Å²) in [6.45, 7) is 1.86. The normalized spacial score (nSPS) is 28.9. The highest BCUT2D eigenvalue weighted by Gasteiger charge is 2.60. The molecule has 1 saturated heterocycles. The number of ether oxygens (including phenoxy) is 1. The number of aliphatic hydroxyl groups is 1. The van der Waals surface area contributed by atoms with Crippen molar-refractivity contribution in [3.63, 3.8) is 0 Å². The lowest BCUT2D eigenvalue weighted by molar-refractivity contribution is 0.0945. The average molecular weight is 247 g/mol. The summed E-state index contributed by atoms with van der Waals surface area (Å²) in [6, 6.07) is 9.65. The minimum absolute atomic E-state index is 0.00817. The Labute approximate surface area is 106 Å². The molecule has 1 aliphatic heterocycles. The van der Waals surface area contributed by atoms with Gasteiger partial charge in [-0.2, -0.15) is 0 Å². The Morgan fingerprint density at radius 1 is 1.44 bits per heavy atom. The van der Waals surface area contributed by atoms with Crippen molar-refractivity contribution in [2.45, 2.75) is 13.0 Å². The standard InChI is InChI=1S/C14H17NO3/c16-10-14-6-12(14)7-15(9-14)13(17)18-8-11-4-2-1-3-5-11/h1-5,12,16H,6-10H2/t12-,14+/m1/s1. The van der Waals surface area contributed by atoms with Gasteiger partial charge >= 0.3 is 6.09 Å². The Hall–Kier alpha value is -1.55. The topological polar surface area (TPSA) is 49.8 Å². The molecule has 1 amide bonds. The van der Waals surface area contributed by atoms with Gasteiger partial charge < -0.3 is 14.7 Å². The molecule has 0 unspecified atom stereocenters. The Balaban J connectivity index is 1.51. The van der Waals surface area contributed by atoms with Crippen LogP contribution in [0.5, 0.6) is 0 Å². The van der Waals surface area contributed by atoms with Gasteiger partial charge in [-0.15, -0.1) is 0 Å². The summed E-state index contributed by atoms with van der Waals surface area (Å²) in [5.41, 5.74) is 0.984. The van der Waals surface area contributed by atoms with E-state index in [1.54, 1.807) is 4.90 Å². The first kappa shape index (κ1) is 11.5. The lowest BCUT2D eigenvalue weighted by atomic mass is 10.1. The quantitative estimate of drug-likeness (QED) is 0.883. The SMILES string of the molecule is O=C(OCc1ccccc1)N1C[C@H]2C[C@@]2(CO)C1. The molecule has 96 valence electrons. The number of fused-ring (bicyclic) bond motifs is 1. The maximum Gasteiger partial charge on any atom is 0.410 e. The second-order valence-corrected chi connectivity index (χ2v) is 5.34. The van der Waals surface area contributed by atoms with Crippen LogP contribution in [0.1, 0.15) is 12.0 Å². The first-order chi connectivity index (χ1) is 8.73. The fraction of sp³-hybridized carbons (Fsp3) is 0.500. The third-order valence-corrected chi connectivity index (χ3v) is 4.08. The zero-order chi connectivity index (χ0) is 12.6. The van der Waals surface area contributed by atoms with Gasteiger partial charge in [0.2, 0.25) is 0 Å². The van der Waals surface area contributed by atoms with Gasteiger partial charge in [0.25, 0.3) is 0 Å². The summed E-state index contributed by atoms with van der Waals surface area (Å²) in [5, 5.41) is 9.30. The largest absolute Gasteiger partial charge is 0.445 e. The monoisotopic (exact) mass is 247 g/mol. The highest BCUT2D eigenvalue weighted by molar-refractivity contribution is 5.68. The van der Waals surface area contributed by atoms with Crippen LogP contribution in [0, 0.1) is 11.3 Å². The van der Waals surface area contributed by atoms with Crippen LogP contribution in [-0.2, 0) is 11.3 Å². The summed E-state index contributed by atoms with van der Waals surface area (Å²) in [6.07, 6.45) is 0.783. The van der Waals surface area contributed by atoms with Gasteiger partial charge in [-0.3, -0.25) is 0 Å². The highest BCUT2D eigenvalue weighted by atomic mass is 16.6. The molecule has 0 aromatic heterocycles. The average Bonchev–Trinajstić information content (AvgIpc) is 2.99. The van der Waals surface area contributed by atoms with Crippen molar-refractivity contribution in [3.05, 3.63) is 35.9 Å². The lowest BCUT2D eigenvalue weighted by Crippen LogP contribution is -2.33. The van der Waals surface area contributed by atoms with Gasteiger partial charge in [-0.25, -0.2) is 4.79 Å². The van der Waals surface area contributed by atoms with E-state index < -0.39 is 0 Å². The van der Waals surface area contributed by atoms with Crippen molar-refractivity contribution in [2.24, 2.45) is 11.3 Å². The van der Waals surface area contributed by atoms with E-state index in [0.717, 1.165) is 18.5 Å². The molecule has 0 radical (unpaired) electrons. The van der Waals surface area contributed by atoms with Gasteiger partial charge in [0.15, 0.2) is 0 Å². The number of hydrogen-bond donors (Lipinski definition) is 1. The van der Waals surface area contributed by atoms with Crippen molar-refractivity contribution in [1.82, 2.24) is 4.90 Å². The molecule has 0 bridgehead atoms. The van der Waals surface area contributed by atoms with E-state index >= 15 is 0 Å². The number of rotatable bonds is 3. The fourth-order valence-corrected chi connectivity index (χ4v) is 2.79. The van der Waals surface area contributed by atoms with E-state index in [9.17, 15) is 9.90 Å². The molecule has 0 spiro atoms. The zero-order valence-corrected chi connectivity index (χ0v) is 10.2. The summed E-state index contributed by atoms with van der Waals surface area (Å²) < 4.78 is 5.28. The molecular formula is C14H17NO3. The van der Waals surface area contributed by atoms with Crippen molar-refractivity contribution >= 4 is 6.09 Å². The number of nitrogens with zero attached hydrogens (tertiary/aromatic N) is 1. The van der Waals surface area contributed by atoms with Crippen LogP contribution >= 0.6 is 0 Å². The Kier molecular flexibility index (Phi) is 2.74. The molecular weight excluding hydrogens is 230 g/mol. The van der Waals surface area contributed by atoms with Crippen molar-refractivity contribution in [3.8, 4) is 0 Å². The molecule has 4 heteroatoms. The van der Waals surface area contributed by atoms with E-state index in [4.69, 9.17) is 4.74 Å². The van der Waals surface area contributed by atoms with Crippen LogP contribution in [0.15, 0.2) is 30.3 Å². The second kappa shape index (κ2) is 4.28. The Morgan fingerprint density at radius 2 is 2.22 bits per heavy atom. The number of aliphatic hydroxyl groups excluding tert-OH is 1. The third-order valence-electron chi connectivity index (χ3n) is 4.08. The van der Waals surface area contributed by atoms with Crippen LogP contribution in [-0.4, -0.2) is 35.8 Å². The molecule has 1 N–H and O–H groups in total. The first-order valence-corrected chi connectivity index (χ1v) is 6.30. The van der Waals surface area contributed by atoms with Gasteiger partial charge in [0.1, 0.15) is 6.61 Å². The maximum absolute atomic E-state index is 11.9. The Morgan fingerprint density at radius 3 is 2.89 bits per heavy atom. The lowest BCUT2D eigenvalue weighted by Gasteiger charge is -2.19. The maximum atomic E-state index is 11.9. The van der Waals surface area contributed by atoms with E-state index in [1.165, 1.54) is 0 Å².